The first-order valence-electron chi connectivity index (χ1n) is 8.61. The predicted octanol–water partition coefficient (Wildman–Crippen LogP) is 3.59. The molecule has 0 spiro atoms. The zero-order valence-corrected chi connectivity index (χ0v) is 17.1. The molecule has 144 valence electrons. The highest BCUT2D eigenvalue weighted by Gasteiger charge is 2.27. The number of hydrogen-bond donors (Lipinski definition) is 1. The quantitative estimate of drug-likeness (QED) is 0.821. The Morgan fingerprint density at radius 2 is 1.93 bits per heavy atom. The van der Waals surface area contributed by atoms with Gasteiger partial charge in [0.2, 0.25) is 5.91 Å². The fourth-order valence-corrected chi connectivity index (χ4v) is 5.32. The maximum atomic E-state index is 13.2. The van der Waals surface area contributed by atoms with E-state index in [0.29, 0.717) is 22.9 Å². The van der Waals surface area contributed by atoms with Crippen LogP contribution >= 0.6 is 11.8 Å². The Bertz CT molecular complexity index is 943. The van der Waals surface area contributed by atoms with E-state index < -0.39 is 10.0 Å². The van der Waals surface area contributed by atoms with Crippen LogP contribution in [0.25, 0.3) is 0 Å². The van der Waals surface area contributed by atoms with Gasteiger partial charge >= 0.3 is 0 Å². The molecule has 0 radical (unpaired) electrons. The number of nitrogens with one attached hydrogen (secondary N) is 1. The standard InChI is InChI=1S/C19H22N2O4S2/c1-4-21(14-5-7-15(25-3)8-6-14)27(23,24)16-9-10-18-17(11-16)20-19(22)13(2)12-26-18/h5-11,13H,4,12H2,1-3H3,(H,20,22)/t13-/m0/s1. The maximum absolute atomic E-state index is 13.2. The highest BCUT2D eigenvalue weighted by molar-refractivity contribution is 7.99. The largest absolute Gasteiger partial charge is 0.497 e. The summed E-state index contributed by atoms with van der Waals surface area (Å²) in [6.07, 6.45) is 0. The summed E-state index contributed by atoms with van der Waals surface area (Å²) in [5, 5.41) is 2.84. The molecular formula is C19H22N2O4S2. The molecule has 0 unspecified atom stereocenters. The Hall–Kier alpha value is -2.19. The fourth-order valence-electron chi connectivity index (χ4n) is 2.81. The summed E-state index contributed by atoms with van der Waals surface area (Å²) < 4.78 is 32.9. The molecule has 1 aliphatic heterocycles. The van der Waals surface area contributed by atoms with Gasteiger partial charge in [-0.25, -0.2) is 8.42 Å². The number of nitrogens with zero attached hydrogens (tertiary/aromatic N) is 1. The van der Waals surface area contributed by atoms with Crippen LogP contribution in [-0.2, 0) is 14.8 Å². The number of anilines is 2. The van der Waals surface area contributed by atoms with Crippen molar-refractivity contribution in [1.29, 1.82) is 0 Å². The Labute approximate surface area is 164 Å². The average Bonchev–Trinajstić information content (AvgIpc) is 2.81. The van der Waals surface area contributed by atoms with Gasteiger partial charge in [0.15, 0.2) is 0 Å². The van der Waals surface area contributed by atoms with Crippen LogP contribution in [0.2, 0.25) is 0 Å². The van der Waals surface area contributed by atoms with Crippen molar-refractivity contribution in [2.24, 2.45) is 5.92 Å². The van der Waals surface area contributed by atoms with Crippen molar-refractivity contribution >= 4 is 39.1 Å². The molecule has 1 amide bonds. The van der Waals surface area contributed by atoms with Gasteiger partial charge in [-0.3, -0.25) is 9.10 Å². The van der Waals surface area contributed by atoms with E-state index in [1.165, 1.54) is 4.31 Å². The Kier molecular flexibility index (Phi) is 5.67. The lowest BCUT2D eigenvalue weighted by Crippen LogP contribution is -2.30. The van der Waals surface area contributed by atoms with E-state index in [9.17, 15) is 13.2 Å². The molecule has 8 heteroatoms. The first-order valence-corrected chi connectivity index (χ1v) is 11.0. The van der Waals surface area contributed by atoms with Gasteiger partial charge in [-0.05, 0) is 49.4 Å². The first kappa shape index (κ1) is 19.6. The van der Waals surface area contributed by atoms with Crippen molar-refractivity contribution in [3.8, 4) is 5.75 Å². The lowest BCUT2D eigenvalue weighted by molar-refractivity contribution is -0.118. The Morgan fingerprint density at radius 3 is 2.56 bits per heavy atom. The molecule has 0 aliphatic carbocycles. The highest BCUT2D eigenvalue weighted by atomic mass is 32.2. The number of amides is 1. The molecule has 0 aromatic heterocycles. The molecule has 1 atom stereocenters. The summed E-state index contributed by atoms with van der Waals surface area (Å²) in [7, 11) is -2.21. The third kappa shape index (κ3) is 3.91. The second-order valence-corrected chi connectivity index (χ2v) is 9.15. The minimum absolute atomic E-state index is 0.0988. The van der Waals surface area contributed by atoms with Crippen LogP contribution in [0.15, 0.2) is 52.3 Å². The number of fused-ring (bicyclic) bond motifs is 1. The molecule has 6 nitrogen and oxygen atoms in total. The van der Waals surface area contributed by atoms with Crippen LogP contribution in [0, 0.1) is 5.92 Å². The first-order chi connectivity index (χ1) is 12.9. The number of hydrogen-bond acceptors (Lipinski definition) is 5. The van der Waals surface area contributed by atoms with E-state index in [1.807, 2.05) is 6.92 Å². The normalized spacial score (nSPS) is 16.9. The lowest BCUT2D eigenvalue weighted by Gasteiger charge is -2.23. The molecule has 0 saturated heterocycles. The second kappa shape index (κ2) is 7.82. The van der Waals surface area contributed by atoms with Gasteiger partial charge in [0.05, 0.1) is 23.4 Å². The van der Waals surface area contributed by atoms with Crippen molar-refractivity contribution in [3.05, 3.63) is 42.5 Å². The summed E-state index contributed by atoms with van der Waals surface area (Å²) in [5.41, 5.74) is 1.10. The van der Waals surface area contributed by atoms with Crippen LogP contribution in [0.5, 0.6) is 5.75 Å². The second-order valence-electron chi connectivity index (χ2n) is 6.23. The summed E-state index contributed by atoms with van der Waals surface area (Å²) in [4.78, 5) is 13.1. The van der Waals surface area contributed by atoms with E-state index in [1.54, 1.807) is 68.3 Å². The van der Waals surface area contributed by atoms with E-state index in [0.717, 1.165) is 4.90 Å². The van der Waals surface area contributed by atoms with Crippen LogP contribution < -0.4 is 14.4 Å². The molecule has 2 aromatic carbocycles. The molecule has 3 rings (SSSR count). The molecular weight excluding hydrogens is 384 g/mol. The van der Waals surface area contributed by atoms with E-state index in [2.05, 4.69) is 5.32 Å². The summed E-state index contributed by atoms with van der Waals surface area (Å²) >= 11 is 1.55. The van der Waals surface area contributed by atoms with Gasteiger partial charge in [-0.1, -0.05) is 6.92 Å². The van der Waals surface area contributed by atoms with Crippen molar-refractivity contribution in [1.82, 2.24) is 0 Å². The van der Waals surface area contributed by atoms with Crippen molar-refractivity contribution < 1.29 is 17.9 Å². The van der Waals surface area contributed by atoms with Crippen molar-refractivity contribution in [3.63, 3.8) is 0 Å². The number of ether oxygens (including phenoxy) is 1. The smallest absolute Gasteiger partial charge is 0.264 e. The van der Waals surface area contributed by atoms with Crippen molar-refractivity contribution in [2.45, 2.75) is 23.6 Å². The van der Waals surface area contributed by atoms with Gasteiger partial charge < -0.3 is 10.1 Å². The topological polar surface area (TPSA) is 75.7 Å². The zero-order valence-electron chi connectivity index (χ0n) is 15.4. The molecule has 1 N–H and O–H groups in total. The summed E-state index contributed by atoms with van der Waals surface area (Å²) in [6.45, 7) is 3.92. The number of carbonyl (C=O) groups is 1. The number of methoxy groups -OCH3 is 1. The number of rotatable bonds is 5. The van der Waals surface area contributed by atoms with Crippen LogP contribution in [0.4, 0.5) is 11.4 Å². The molecule has 0 saturated carbocycles. The van der Waals surface area contributed by atoms with E-state index in [4.69, 9.17) is 4.74 Å². The van der Waals surface area contributed by atoms with Gasteiger partial charge in [-0.15, -0.1) is 11.8 Å². The fraction of sp³-hybridized carbons (Fsp3) is 0.316. The van der Waals surface area contributed by atoms with E-state index >= 15 is 0 Å². The molecule has 2 aromatic rings. The Balaban J connectivity index is 1.98. The molecule has 0 fully saturated rings. The molecule has 1 aliphatic rings. The number of thioether (sulfide) groups is 1. The van der Waals surface area contributed by atoms with Gasteiger partial charge in [0.1, 0.15) is 5.75 Å². The number of carbonyl (C=O) groups excluding carboxylic acids is 1. The summed E-state index contributed by atoms with van der Waals surface area (Å²) in [5.74, 6) is 1.09. The van der Waals surface area contributed by atoms with Gasteiger partial charge in [0, 0.05) is 23.1 Å². The predicted molar refractivity (Wildman–Crippen MR) is 108 cm³/mol. The van der Waals surface area contributed by atoms with E-state index in [-0.39, 0.29) is 23.3 Å². The summed E-state index contributed by atoms with van der Waals surface area (Å²) in [6, 6.07) is 11.8. The average molecular weight is 407 g/mol. The van der Waals surface area contributed by atoms with Crippen LogP contribution in [0.3, 0.4) is 0 Å². The number of sulfonamides is 1. The zero-order chi connectivity index (χ0) is 19.6. The highest BCUT2D eigenvalue weighted by Crippen LogP contribution is 2.35. The molecule has 1 heterocycles. The molecule has 27 heavy (non-hydrogen) atoms. The number of benzene rings is 2. The monoisotopic (exact) mass is 406 g/mol. The minimum Gasteiger partial charge on any atom is -0.497 e. The van der Waals surface area contributed by atoms with Gasteiger partial charge in [-0.2, -0.15) is 0 Å². The third-order valence-corrected chi connectivity index (χ3v) is 7.61. The SMILES string of the molecule is CCN(c1ccc(OC)cc1)S(=O)(=O)c1ccc2c(c1)NC(=O)[C@@H](C)CS2. The van der Waals surface area contributed by atoms with Crippen molar-refractivity contribution in [2.75, 3.05) is 29.0 Å². The maximum Gasteiger partial charge on any atom is 0.264 e. The Morgan fingerprint density at radius 1 is 1.22 bits per heavy atom. The van der Waals surface area contributed by atoms with Gasteiger partial charge in [0.25, 0.3) is 10.0 Å². The molecule has 0 bridgehead atoms. The van der Waals surface area contributed by atoms with Crippen LogP contribution in [0.1, 0.15) is 13.8 Å². The third-order valence-electron chi connectivity index (χ3n) is 4.38. The van der Waals surface area contributed by atoms with Crippen LogP contribution in [-0.4, -0.2) is 33.7 Å². The minimum atomic E-state index is -3.77. The lowest BCUT2D eigenvalue weighted by atomic mass is 10.2.